The molecule has 2 aromatic carbocycles. The van der Waals surface area contributed by atoms with Gasteiger partial charge in [0.1, 0.15) is 6.04 Å². The molecule has 3 rings (SSSR count). The van der Waals surface area contributed by atoms with Gasteiger partial charge in [-0.15, -0.1) is 0 Å². The first-order valence-corrected chi connectivity index (χ1v) is 8.10. The van der Waals surface area contributed by atoms with E-state index in [9.17, 15) is 9.59 Å². The lowest BCUT2D eigenvalue weighted by Gasteiger charge is -2.35. The molecule has 1 atom stereocenters. The van der Waals surface area contributed by atoms with Gasteiger partial charge in [0.05, 0.1) is 0 Å². The van der Waals surface area contributed by atoms with E-state index >= 15 is 0 Å². The van der Waals surface area contributed by atoms with E-state index in [0.29, 0.717) is 23.8 Å². The summed E-state index contributed by atoms with van der Waals surface area (Å²) in [5.74, 6) is -0.170. The van der Waals surface area contributed by atoms with E-state index in [1.807, 2.05) is 31.2 Å². The SMILES string of the molecule is Cc1ccc(C2C(=O)NCCN2C(=O)Nc2ccc(Cl)cc2)cc1. The fraction of sp³-hybridized carbons (Fsp3) is 0.222. The van der Waals surface area contributed by atoms with Crippen LogP contribution in [0.5, 0.6) is 0 Å². The van der Waals surface area contributed by atoms with E-state index in [4.69, 9.17) is 11.6 Å². The number of aryl methyl sites for hydroxylation is 1. The monoisotopic (exact) mass is 343 g/mol. The van der Waals surface area contributed by atoms with E-state index < -0.39 is 6.04 Å². The second-order valence-electron chi connectivity index (χ2n) is 5.73. The Hall–Kier alpha value is -2.53. The maximum Gasteiger partial charge on any atom is 0.322 e. The minimum absolute atomic E-state index is 0.170. The maximum atomic E-state index is 12.7. The smallest absolute Gasteiger partial charge is 0.322 e. The van der Waals surface area contributed by atoms with Crippen molar-refractivity contribution in [2.24, 2.45) is 0 Å². The van der Waals surface area contributed by atoms with Gasteiger partial charge in [-0.25, -0.2) is 4.79 Å². The van der Waals surface area contributed by atoms with Gasteiger partial charge in [-0.05, 0) is 36.8 Å². The van der Waals surface area contributed by atoms with Crippen LogP contribution in [0.4, 0.5) is 10.5 Å². The van der Waals surface area contributed by atoms with Crippen molar-refractivity contribution in [3.63, 3.8) is 0 Å². The molecular weight excluding hydrogens is 326 g/mol. The van der Waals surface area contributed by atoms with Crippen molar-refractivity contribution in [1.29, 1.82) is 0 Å². The molecule has 1 unspecified atom stereocenters. The first-order chi connectivity index (χ1) is 11.5. The molecule has 5 nitrogen and oxygen atoms in total. The summed E-state index contributed by atoms with van der Waals surface area (Å²) in [7, 11) is 0. The molecule has 0 saturated carbocycles. The van der Waals surface area contributed by atoms with E-state index in [-0.39, 0.29) is 11.9 Å². The van der Waals surface area contributed by atoms with Crippen molar-refractivity contribution in [3.05, 3.63) is 64.7 Å². The van der Waals surface area contributed by atoms with Crippen molar-refractivity contribution in [1.82, 2.24) is 10.2 Å². The molecule has 6 heteroatoms. The predicted octanol–water partition coefficient (Wildman–Crippen LogP) is 3.35. The van der Waals surface area contributed by atoms with Crippen LogP contribution < -0.4 is 10.6 Å². The lowest BCUT2D eigenvalue weighted by molar-refractivity contribution is -0.127. The number of carbonyl (C=O) groups excluding carboxylic acids is 2. The van der Waals surface area contributed by atoms with Crippen molar-refractivity contribution < 1.29 is 9.59 Å². The summed E-state index contributed by atoms with van der Waals surface area (Å²) in [6.07, 6.45) is 0. The van der Waals surface area contributed by atoms with Gasteiger partial charge in [0.15, 0.2) is 0 Å². The summed E-state index contributed by atoms with van der Waals surface area (Å²) in [6.45, 7) is 2.87. The Morgan fingerprint density at radius 3 is 2.50 bits per heavy atom. The van der Waals surface area contributed by atoms with Crippen LogP contribution in [-0.2, 0) is 4.79 Å². The van der Waals surface area contributed by atoms with Crippen LogP contribution in [0.25, 0.3) is 0 Å². The van der Waals surface area contributed by atoms with Gasteiger partial charge in [0.25, 0.3) is 0 Å². The highest BCUT2D eigenvalue weighted by atomic mass is 35.5. The van der Waals surface area contributed by atoms with Gasteiger partial charge >= 0.3 is 6.03 Å². The summed E-state index contributed by atoms with van der Waals surface area (Å²) in [4.78, 5) is 26.5. The molecule has 1 fully saturated rings. The summed E-state index contributed by atoms with van der Waals surface area (Å²) in [5, 5.41) is 6.24. The Bertz CT molecular complexity index is 744. The van der Waals surface area contributed by atoms with Crippen LogP contribution in [0.15, 0.2) is 48.5 Å². The van der Waals surface area contributed by atoms with Crippen LogP contribution in [0, 0.1) is 6.92 Å². The first kappa shape index (κ1) is 16.3. The number of carbonyl (C=O) groups is 2. The highest BCUT2D eigenvalue weighted by Crippen LogP contribution is 2.25. The van der Waals surface area contributed by atoms with E-state index in [0.717, 1.165) is 11.1 Å². The third-order valence-corrected chi connectivity index (χ3v) is 4.21. The van der Waals surface area contributed by atoms with Crippen LogP contribution in [0.3, 0.4) is 0 Å². The fourth-order valence-electron chi connectivity index (χ4n) is 2.69. The molecular formula is C18H18ClN3O2. The highest BCUT2D eigenvalue weighted by molar-refractivity contribution is 6.30. The van der Waals surface area contributed by atoms with Crippen LogP contribution in [0.1, 0.15) is 17.2 Å². The normalized spacial score (nSPS) is 17.3. The highest BCUT2D eigenvalue weighted by Gasteiger charge is 2.34. The molecule has 2 aromatic rings. The quantitative estimate of drug-likeness (QED) is 0.878. The fourth-order valence-corrected chi connectivity index (χ4v) is 2.82. The zero-order valence-corrected chi connectivity index (χ0v) is 14.0. The van der Waals surface area contributed by atoms with E-state index in [2.05, 4.69) is 10.6 Å². The number of urea groups is 1. The average Bonchev–Trinajstić information content (AvgIpc) is 2.58. The molecule has 1 saturated heterocycles. The topological polar surface area (TPSA) is 61.4 Å². The molecule has 1 aliphatic rings. The van der Waals surface area contributed by atoms with Crippen LogP contribution in [0.2, 0.25) is 5.02 Å². The first-order valence-electron chi connectivity index (χ1n) is 7.72. The molecule has 0 spiro atoms. The van der Waals surface area contributed by atoms with E-state index in [1.165, 1.54) is 0 Å². The number of halogens is 1. The number of amides is 3. The molecule has 0 bridgehead atoms. The average molecular weight is 344 g/mol. The molecule has 24 heavy (non-hydrogen) atoms. The lowest BCUT2D eigenvalue weighted by atomic mass is 10.0. The zero-order chi connectivity index (χ0) is 17.1. The van der Waals surface area contributed by atoms with Crippen LogP contribution >= 0.6 is 11.6 Å². The Labute approximate surface area is 145 Å². The van der Waals surface area contributed by atoms with Crippen molar-refractivity contribution >= 4 is 29.2 Å². The molecule has 2 N–H and O–H groups in total. The maximum absolute atomic E-state index is 12.7. The van der Waals surface area contributed by atoms with E-state index in [1.54, 1.807) is 29.2 Å². The van der Waals surface area contributed by atoms with Gasteiger partial charge in [-0.1, -0.05) is 41.4 Å². The number of rotatable bonds is 2. The number of nitrogens with one attached hydrogen (secondary N) is 2. The van der Waals surface area contributed by atoms with Gasteiger partial charge in [0.2, 0.25) is 5.91 Å². The third kappa shape index (κ3) is 3.51. The summed E-state index contributed by atoms with van der Waals surface area (Å²) >= 11 is 5.86. The van der Waals surface area contributed by atoms with Crippen molar-refractivity contribution in [3.8, 4) is 0 Å². The molecule has 0 aromatic heterocycles. The van der Waals surface area contributed by atoms with Gasteiger partial charge in [-0.2, -0.15) is 0 Å². The summed E-state index contributed by atoms with van der Waals surface area (Å²) < 4.78 is 0. The Kier molecular flexibility index (Phi) is 4.71. The minimum Gasteiger partial charge on any atom is -0.352 e. The second kappa shape index (κ2) is 6.93. The lowest BCUT2D eigenvalue weighted by Crippen LogP contribution is -2.53. The van der Waals surface area contributed by atoms with Crippen LogP contribution in [-0.4, -0.2) is 29.9 Å². The molecule has 3 amide bonds. The number of nitrogens with zero attached hydrogens (tertiary/aromatic N) is 1. The Balaban J connectivity index is 1.82. The van der Waals surface area contributed by atoms with Crippen molar-refractivity contribution in [2.75, 3.05) is 18.4 Å². The largest absolute Gasteiger partial charge is 0.352 e. The van der Waals surface area contributed by atoms with Gasteiger partial charge < -0.3 is 15.5 Å². The molecule has 0 aliphatic carbocycles. The zero-order valence-electron chi connectivity index (χ0n) is 13.3. The number of anilines is 1. The molecule has 1 heterocycles. The third-order valence-electron chi connectivity index (χ3n) is 3.96. The molecule has 124 valence electrons. The Morgan fingerprint density at radius 2 is 1.83 bits per heavy atom. The van der Waals surface area contributed by atoms with Gasteiger partial charge in [0, 0.05) is 23.8 Å². The van der Waals surface area contributed by atoms with Gasteiger partial charge in [-0.3, -0.25) is 4.79 Å². The minimum atomic E-state index is -0.633. The molecule has 1 aliphatic heterocycles. The number of hydrogen-bond acceptors (Lipinski definition) is 2. The van der Waals surface area contributed by atoms with Crippen molar-refractivity contribution in [2.45, 2.75) is 13.0 Å². The Morgan fingerprint density at radius 1 is 1.17 bits per heavy atom. The summed E-state index contributed by atoms with van der Waals surface area (Å²) in [5.41, 5.74) is 2.54. The second-order valence-corrected chi connectivity index (χ2v) is 6.17. The number of hydrogen-bond donors (Lipinski definition) is 2. The number of benzene rings is 2. The predicted molar refractivity (Wildman–Crippen MR) is 94.1 cm³/mol. The molecule has 0 radical (unpaired) electrons. The standard InChI is InChI=1S/C18H18ClN3O2/c1-12-2-4-13(5-3-12)16-17(23)20-10-11-22(16)18(24)21-15-8-6-14(19)7-9-15/h2-9,16H,10-11H2,1H3,(H,20,23)(H,21,24). The number of piperazine rings is 1. The summed E-state index contributed by atoms with van der Waals surface area (Å²) in [6, 6.07) is 13.6.